The molecular weight excluding hydrogens is 250 g/mol. The van der Waals surface area contributed by atoms with Gasteiger partial charge in [0.2, 0.25) is 0 Å². The van der Waals surface area contributed by atoms with Crippen LogP contribution < -0.4 is 10.1 Å². The van der Waals surface area contributed by atoms with Crippen molar-refractivity contribution in [2.45, 2.75) is 45.8 Å². The van der Waals surface area contributed by atoms with Gasteiger partial charge in [-0.05, 0) is 43.4 Å². The Balaban J connectivity index is 1.66. The molecule has 2 atom stereocenters. The zero-order valence-corrected chi connectivity index (χ0v) is 12.9. The van der Waals surface area contributed by atoms with Gasteiger partial charge in [-0.3, -0.25) is 0 Å². The molecule has 1 aromatic rings. The molecule has 1 aliphatic rings. The molecule has 1 fully saturated rings. The average Bonchev–Trinajstić information content (AvgIpc) is 2.44. The van der Waals surface area contributed by atoms with Gasteiger partial charge >= 0.3 is 0 Å². The van der Waals surface area contributed by atoms with Crippen LogP contribution in [0.15, 0.2) is 24.3 Å². The molecule has 1 aliphatic heterocycles. The highest BCUT2D eigenvalue weighted by molar-refractivity contribution is 5.27. The molecule has 0 saturated carbocycles. The Labute approximate surface area is 122 Å². The summed E-state index contributed by atoms with van der Waals surface area (Å²) in [6.45, 7) is 9.02. The number of rotatable bonds is 6. The van der Waals surface area contributed by atoms with Gasteiger partial charge in [0, 0.05) is 19.2 Å². The Bertz CT molecular complexity index is 406. The number of aryl methyl sites for hydroxylation is 1. The summed E-state index contributed by atoms with van der Waals surface area (Å²) in [5, 5.41) is 3.59. The average molecular weight is 277 g/mol. The van der Waals surface area contributed by atoms with E-state index in [0.29, 0.717) is 24.7 Å². The molecule has 0 aliphatic carbocycles. The molecule has 1 saturated heterocycles. The van der Waals surface area contributed by atoms with Crippen molar-refractivity contribution in [1.82, 2.24) is 5.32 Å². The van der Waals surface area contributed by atoms with E-state index in [0.717, 1.165) is 31.7 Å². The van der Waals surface area contributed by atoms with Gasteiger partial charge in [0.1, 0.15) is 12.4 Å². The Morgan fingerprint density at radius 2 is 2.25 bits per heavy atom. The molecule has 2 rings (SSSR count). The molecule has 2 unspecified atom stereocenters. The lowest BCUT2D eigenvalue weighted by Crippen LogP contribution is -2.42. The molecule has 0 aromatic heterocycles. The highest BCUT2D eigenvalue weighted by Gasteiger charge is 2.24. The summed E-state index contributed by atoms with van der Waals surface area (Å²) in [6.07, 6.45) is 2.62. The smallest absolute Gasteiger partial charge is 0.119 e. The summed E-state index contributed by atoms with van der Waals surface area (Å²) in [5.74, 6) is 1.56. The van der Waals surface area contributed by atoms with Gasteiger partial charge in [0.15, 0.2) is 0 Å². The van der Waals surface area contributed by atoms with Gasteiger partial charge in [0.05, 0.1) is 6.10 Å². The molecule has 20 heavy (non-hydrogen) atoms. The maximum absolute atomic E-state index is 5.79. The molecular formula is C17H27NO2. The van der Waals surface area contributed by atoms with Crippen LogP contribution in [0, 0.1) is 12.8 Å². The predicted molar refractivity (Wildman–Crippen MR) is 82.3 cm³/mol. The van der Waals surface area contributed by atoms with Gasteiger partial charge in [-0.2, -0.15) is 0 Å². The Kier molecular flexibility index (Phi) is 5.86. The van der Waals surface area contributed by atoms with Crippen LogP contribution in [-0.4, -0.2) is 31.9 Å². The van der Waals surface area contributed by atoms with Crippen LogP contribution in [-0.2, 0) is 4.74 Å². The second-order valence-corrected chi connectivity index (χ2v) is 5.99. The second kappa shape index (κ2) is 7.65. The molecule has 0 radical (unpaired) electrons. The third-order valence-corrected chi connectivity index (χ3v) is 3.85. The summed E-state index contributed by atoms with van der Waals surface area (Å²) in [7, 11) is 0. The van der Waals surface area contributed by atoms with E-state index in [2.05, 4.69) is 38.2 Å². The van der Waals surface area contributed by atoms with Gasteiger partial charge in [-0.25, -0.2) is 0 Å². The third kappa shape index (κ3) is 4.80. The van der Waals surface area contributed by atoms with Crippen molar-refractivity contribution < 1.29 is 9.47 Å². The van der Waals surface area contributed by atoms with E-state index in [1.807, 2.05) is 12.1 Å². The van der Waals surface area contributed by atoms with Crippen molar-refractivity contribution >= 4 is 0 Å². The Morgan fingerprint density at radius 1 is 1.40 bits per heavy atom. The predicted octanol–water partition coefficient (Wildman–Crippen LogP) is 3.17. The second-order valence-electron chi connectivity index (χ2n) is 5.99. The van der Waals surface area contributed by atoms with Crippen LogP contribution in [0.25, 0.3) is 0 Å². The normalized spacial score (nSPS) is 23.0. The van der Waals surface area contributed by atoms with Gasteiger partial charge < -0.3 is 14.8 Å². The molecule has 0 amide bonds. The first kappa shape index (κ1) is 15.3. The molecule has 1 heterocycles. The van der Waals surface area contributed by atoms with E-state index in [4.69, 9.17) is 9.47 Å². The minimum absolute atomic E-state index is 0.402. The van der Waals surface area contributed by atoms with E-state index in [1.165, 1.54) is 5.56 Å². The highest BCUT2D eigenvalue weighted by Crippen LogP contribution is 2.20. The fourth-order valence-corrected chi connectivity index (χ4v) is 2.62. The summed E-state index contributed by atoms with van der Waals surface area (Å²) in [5.41, 5.74) is 1.24. The zero-order valence-electron chi connectivity index (χ0n) is 12.9. The minimum atomic E-state index is 0.402. The quantitative estimate of drug-likeness (QED) is 0.810. The first-order valence-electron chi connectivity index (χ1n) is 7.69. The van der Waals surface area contributed by atoms with Crippen molar-refractivity contribution in [3.8, 4) is 5.75 Å². The SMILES string of the molecule is Cc1cccc(OCCNC2CCOC(C(C)C)C2)c1. The van der Waals surface area contributed by atoms with Crippen molar-refractivity contribution in [3.05, 3.63) is 29.8 Å². The zero-order chi connectivity index (χ0) is 14.4. The monoisotopic (exact) mass is 277 g/mol. The van der Waals surface area contributed by atoms with Crippen LogP contribution in [0.3, 0.4) is 0 Å². The first-order chi connectivity index (χ1) is 9.65. The van der Waals surface area contributed by atoms with E-state index in [1.54, 1.807) is 0 Å². The van der Waals surface area contributed by atoms with Crippen molar-refractivity contribution in [2.75, 3.05) is 19.8 Å². The van der Waals surface area contributed by atoms with E-state index in [9.17, 15) is 0 Å². The number of ether oxygens (including phenoxy) is 2. The molecule has 1 aromatic carbocycles. The van der Waals surface area contributed by atoms with Crippen molar-refractivity contribution in [2.24, 2.45) is 5.92 Å². The number of hydrogen-bond acceptors (Lipinski definition) is 3. The number of hydrogen-bond donors (Lipinski definition) is 1. The molecule has 0 spiro atoms. The largest absolute Gasteiger partial charge is 0.492 e. The van der Waals surface area contributed by atoms with Gasteiger partial charge in [-0.15, -0.1) is 0 Å². The molecule has 1 N–H and O–H groups in total. The molecule has 0 bridgehead atoms. The fourth-order valence-electron chi connectivity index (χ4n) is 2.62. The maximum atomic E-state index is 5.79. The Morgan fingerprint density at radius 3 is 3.00 bits per heavy atom. The van der Waals surface area contributed by atoms with Crippen molar-refractivity contribution in [1.29, 1.82) is 0 Å². The Hall–Kier alpha value is -1.06. The molecule has 3 nitrogen and oxygen atoms in total. The minimum Gasteiger partial charge on any atom is -0.492 e. The summed E-state index contributed by atoms with van der Waals surface area (Å²) in [4.78, 5) is 0. The maximum Gasteiger partial charge on any atom is 0.119 e. The summed E-state index contributed by atoms with van der Waals surface area (Å²) < 4.78 is 11.5. The van der Waals surface area contributed by atoms with E-state index < -0.39 is 0 Å². The van der Waals surface area contributed by atoms with Crippen LogP contribution in [0.5, 0.6) is 5.75 Å². The number of nitrogens with one attached hydrogen (secondary N) is 1. The van der Waals surface area contributed by atoms with Gasteiger partial charge in [0.25, 0.3) is 0 Å². The first-order valence-corrected chi connectivity index (χ1v) is 7.69. The lowest BCUT2D eigenvalue weighted by molar-refractivity contribution is -0.0245. The third-order valence-electron chi connectivity index (χ3n) is 3.85. The lowest BCUT2D eigenvalue weighted by Gasteiger charge is -2.32. The van der Waals surface area contributed by atoms with Crippen LogP contribution in [0.2, 0.25) is 0 Å². The van der Waals surface area contributed by atoms with Gasteiger partial charge in [-0.1, -0.05) is 26.0 Å². The highest BCUT2D eigenvalue weighted by atomic mass is 16.5. The van der Waals surface area contributed by atoms with E-state index >= 15 is 0 Å². The van der Waals surface area contributed by atoms with E-state index in [-0.39, 0.29) is 0 Å². The fraction of sp³-hybridized carbons (Fsp3) is 0.647. The molecule has 112 valence electrons. The topological polar surface area (TPSA) is 30.5 Å². The van der Waals surface area contributed by atoms with Crippen LogP contribution in [0.1, 0.15) is 32.3 Å². The standard InChI is InChI=1S/C17H27NO2/c1-13(2)17-12-15(7-9-20-17)18-8-10-19-16-6-4-5-14(3)11-16/h4-6,11,13,15,17-18H,7-10,12H2,1-3H3. The van der Waals surface area contributed by atoms with Crippen molar-refractivity contribution in [3.63, 3.8) is 0 Å². The molecule has 3 heteroatoms. The van der Waals surface area contributed by atoms with Crippen LogP contribution >= 0.6 is 0 Å². The lowest BCUT2D eigenvalue weighted by atomic mass is 9.95. The number of benzene rings is 1. The summed E-state index contributed by atoms with van der Waals surface area (Å²) in [6, 6.07) is 8.76. The van der Waals surface area contributed by atoms with Crippen LogP contribution in [0.4, 0.5) is 0 Å². The summed E-state index contributed by atoms with van der Waals surface area (Å²) >= 11 is 0.